The van der Waals surface area contributed by atoms with Crippen molar-refractivity contribution in [2.75, 3.05) is 12.4 Å². The Labute approximate surface area is 118 Å². The Hall–Kier alpha value is -2.67. The molecule has 20 heavy (non-hydrogen) atoms. The Morgan fingerprint density at radius 2 is 2.00 bits per heavy atom. The van der Waals surface area contributed by atoms with Gasteiger partial charge in [0.2, 0.25) is 0 Å². The summed E-state index contributed by atoms with van der Waals surface area (Å²) < 4.78 is 5.10. The van der Waals surface area contributed by atoms with Crippen molar-refractivity contribution in [3.8, 4) is 17.6 Å². The Morgan fingerprint density at radius 1 is 1.25 bits per heavy atom. The van der Waals surface area contributed by atoms with Crippen molar-refractivity contribution < 1.29 is 9.84 Å². The van der Waals surface area contributed by atoms with E-state index in [0.29, 0.717) is 11.3 Å². The van der Waals surface area contributed by atoms with Crippen LogP contribution in [-0.4, -0.2) is 12.2 Å². The average Bonchev–Trinajstić information content (AvgIpc) is 2.48. The molecule has 4 nitrogen and oxygen atoms in total. The van der Waals surface area contributed by atoms with Crippen LogP contribution in [0.1, 0.15) is 24.1 Å². The summed E-state index contributed by atoms with van der Waals surface area (Å²) in [5.41, 5.74) is 2.35. The number of phenols is 1. The van der Waals surface area contributed by atoms with Crippen LogP contribution in [-0.2, 0) is 0 Å². The molecule has 1 atom stereocenters. The van der Waals surface area contributed by atoms with Gasteiger partial charge in [-0.25, -0.2) is 0 Å². The highest BCUT2D eigenvalue weighted by atomic mass is 16.5. The molecule has 0 spiro atoms. The lowest BCUT2D eigenvalue weighted by molar-refractivity contribution is 0.373. The molecule has 0 saturated carbocycles. The van der Waals surface area contributed by atoms with Crippen molar-refractivity contribution in [2.24, 2.45) is 0 Å². The van der Waals surface area contributed by atoms with Gasteiger partial charge in [-0.2, -0.15) is 5.26 Å². The van der Waals surface area contributed by atoms with Crippen LogP contribution in [0.5, 0.6) is 11.5 Å². The number of aromatic hydroxyl groups is 1. The molecule has 2 N–H and O–H groups in total. The van der Waals surface area contributed by atoms with Crippen LogP contribution in [0.25, 0.3) is 0 Å². The van der Waals surface area contributed by atoms with Crippen molar-refractivity contribution >= 4 is 5.69 Å². The van der Waals surface area contributed by atoms with E-state index in [1.54, 1.807) is 18.2 Å². The maximum atomic E-state index is 9.60. The van der Waals surface area contributed by atoms with Gasteiger partial charge in [0.15, 0.2) is 11.5 Å². The number of phenolic OH excluding ortho intramolecular Hbond substituents is 1. The van der Waals surface area contributed by atoms with E-state index in [0.717, 1.165) is 11.3 Å². The largest absolute Gasteiger partial charge is 0.504 e. The highest BCUT2D eigenvalue weighted by molar-refractivity contribution is 5.58. The number of methoxy groups -OCH3 is 1. The van der Waals surface area contributed by atoms with Gasteiger partial charge in [0.1, 0.15) is 6.07 Å². The van der Waals surface area contributed by atoms with Crippen LogP contribution in [0.15, 0.2) is 42.5 Å². The molecule has 0 aliphatic carbocycles. The van der Waals surface area contributed by atoms with Gasteiger partial charge in [-0.3, -0.25) is 0 Å². The first kappa shape index (κ1) is 13.8. The summed E-state index contributed by atoms with van der Waals surface area (Å²) in [7, 11) is 1.52. The predicted octanol–water partition coefficient (Wildman–Crippen LogP) is 3.45. The lowest BCUT2D eigenvalue weighted by Gasteiger charge is -2.17. The predicted molar refractivity (Wildman–Crippen MR) is 77.9 cm³/mol. The van der Waals surface area contributed by atoms with E-state index < -0.39 is 0 Å². The van der Waals surface area contributed by atoms with Crippen molar-refractivity contribution in [3.05, 3.63) is 53.6 Å². The summed E-state index contributed by atoms with van der Waals surface area (Å²) in [4.78, 5) is 0. The fourth-order valence-electron chi connectivity index (χ4n) is 1.99. The topological polar surface area (TPSA) is 65.3 Å². The number of nitrogens with zero attached hydrogens (tertiary/aromatic N) is 1. The zero-order valence-electron chi connectivity index (χ0n) is 11.4. The molecule has 4 heteroatoms. The second-order valence-electron chi connectivity index (χ2n) is 4.45. The Kier molecular flexibility index (Phi) is 4.11. The molecule has 2 aromatic rings. The van der Waals surface area contributed by atoms with E-state index in [9.17, 15) is 5.11 Å². The molecule has 0 aliphatic rings. The van der Waals surface area contributed by atoms with Gasteiger partial charge in [-0.1, -0.05) is 18.2 Å². The third-order valence-electron chi connectivity index (χ3n) is 3.12. The van der Waals surface area contributed by atoms with Crippen molar-refractivity contribution in [1.82, 2.24) is 0 Å². The molecular weight excluding hydrogens is 252 g/mol. The molecule has 0 aliphatic heterocycles. The number of nitrogens with one attached hydrogen (secondary N) is 1. The van der Waals surface area contributed by atoms with Gasteiger partial charge in [0.25, 0.3) is 0 Å². The van der Waals surface area contributed by atoms with E-state index in [-0.39, 0.29) is 11.8 Å². The van der Waals surface area contributed by atoms with Crippen LogP contribution >= 0.6 is 0 Å². The molecule has 0 heterocycles. The minimum atomic E-state index is -0.0148. The van der Waals surface area contributed by atoms with Gasteiger partial charge in [0.05, 0.1) is 18.4 Å². The molecule has 2 rings (SSSR count). The molecule has 0 bridgehead atoms. The van der Waals surface area contributed by atoms with Crippen LogP contribution < -0.4 is 10.1 Å². The van der Waals surface area contributed by atoms with E-state index in [1.807, 2.05) is 31.2 Å². The molecule has 0 amide bonds. The standard InChI is InChI=1S/C16H16N2O2/c1-11(12-7-8-15(19)16(9-12)20-2)18-14-6-4-3-5-13(14)10-17/h3-9,11,18-19H,1-2H3. The van der Waals surface area contributed by atoms with E-state index in [4.69, 9.17) is 10.00 Å². The quantitative estimate of drug-likeness (QED) is 0.891. The maximum absolute atomic E-state index is 9.60. The van der Waals surface area contributed by atoms with Gasteiger partial charge in [-0.05, 0) is 36.8 Å². The average molecular weight is 268 g/mol. The Balaban J connectivity index is 2.24. The smallest absolute Gasteiger partial charge is 0.160 e. The zero-order chi connectivity index (χ0) is 14.5. The summed E-state index contributed by atoms with van der Waals surface area (Å²) in [6.07, 6.45) is 0. The Bertz CT molecular complexity index is 647. The second-order valence-corrected chi connectivity index (χ2v) is 4.45. The molecular formula is C16H16N2O2. The summed E-state index contributed by atoms with van der Waals surface area (Å²) in [6, 6.07) is 14.7. The second kappa shape index (κ2) is 5.98. The number of rotatable bonds is 4. The number of benzene rings is 2. The van der Waals surface area contributed by atoms with Crippen molar-refractivity contribution in [2.45, 2.75) is 13.0 Å². The highest BCUT2D eigenvalue weighted by Gasteiger charge is 2.10. The van der Waals surface area contributed by atoms with Crippen LogP contribution in [0.4, 0.5) is 5.69 Å². The van der Waals surface area contributed by atoms with Gasteiger partial charge in [0, 0.05) is 6.04 Å². The number of nitriles is 1. The molecule has 102 valence electrons. The molecule has 2 aromatic carbocycles. The fraction of sp³-hybridized carbons (Fsp3) is 0.188. The normalized spacial score (nSPS) is 11.4. The Morgan fingerprint density at radius 3 is 2.70 bits per heavy atom. The number of ether oxygens (including phenoxy) is 1. The molecule has 0 fully saturated rings. The molecule has 0 radical (unpaired) electrons. The summed E-state index contributed by atoms with van der Waals surface area (Å²) in [5, 5.41) is 22.0. The first-order chi connectivity index (χ1) is 9.65. The lowest BCUT2D eigenvalue weighted by Crippen LogP contribution is -2.07. The van der Waals surface area contributed by atoms with Crippen LogP contribution in [0.2, 0.25) is 0 Å². The fourth-order valence-corrected chi connectivity index (χ4v) is 1.99. The third-order valence-corrected chi connectivity index (χ3v) is 3.12. The summed E-state index contributed by atoms with van der Waals surface area (Å²) >= 11 is 0. The van der Waals surface area contributed by atoms with Gasteiger partial charge < -0.3 is 15.2 Å². The highest BCUT2D eigenvalue weighted by Crippen LogP contribution is 2.30. The van der Waals surface area contributed by atoms with E-state index >= 15 is 0 Å². The van der Waals surface area contributed by atoms with Gasteiger partial charge in [-0.15, -0.1) is 0 Å². The number of para-hydroxylation sites is 1. The molecule has 0 saturated heterocycles. The maximum Gasteiger partial charge on any atom is 0.160 e. The minimum Gasteiger partial charge on any atom is -0.504 e. The third kappa shape index (κ3) is 2.83. The molecule has 0 aromatic heterocycles. The lowest BCUT2D eigenvalue weighted by atomic mass is 10.1. The SMILES string of the molecule is COc1cc(C(C)Nc2ccccc2C#N)ccc1O. The number of hydrogen-bond acceptors (Lipinski definition) is 4. The van der Waals surface area contributed by atoms with Gasteiger partial charge >= 0.3 is 0 Å². The molecule has 1 unspecified atom stereocenters. The van der Waals surface area contributed by atoms with Crippen molar-refractivity contribution in [3.63, 3.8) is 0 Å². The zero-order valence-corrected chi connectivity index (χ0v) is 11.4. The minimum absolute atomic E-state index is 0.0148. The van der Waals surface area contributed by atoms with E-state index in [2.05, 4.69) is 11.4 Å². The monoisotopic (exact) mass is 268 g/mol. The summed E-state index contributed by atoms with van der Waals surface area (Å²) in [5.74, 6) is 0.547. The first-order valence-electron chi connectivity index (χ1n) is 6.28. The van der Waals surface area contributed by atoms with Crippen LogP contribution in [0, 0.1) is 11.3 Å². The van der Waals surface area contributed by atoms with E-state index in [1.165, 1.54) is 7.11 Å². The first-order valence-corrected chi connectivity index (χ1v) is 6.28. The number of anilines is 1. The summed E-state index contributed by atoms with van der Waals surface area (Å²) in [6.45, 7) is 1.99. The van der Waals surface area contributed by atoms with Crippen LogP contribution in [0.3, 0.4) is 0 Å². The number of hydrogen-bond donors (Lipinski definition) is 2. The van der Waals surface area contributed by atoms with Crippen molar-refractivity contribution in [1.29, 1.82) is 5.26 Å².